The van der Waals surface area contributed by atoms with Gasteiger partial charge in [-0.1, -0.05) is 12.1 Å². The number of anilines is 1. The zero-order valence-electron chi connectivity index (χ0n) is 12.8. The van der Waals surface area contributed by atoms with Crippen molar-refractivity contribution in [2.24, 2.45) is 0 Å². The first-order valence-electron chi connectivity index (χ1n) is 7.14. The molecule has 0 saturated heterocycles. The van der Waals surface area contributed by atoms with Crippen molar-refractivity contribution in [3.05, 3.63) is 59.5 Å². The van der Waals surface area contributed by atoms with Crippen molar-refractivity contribution >= 4 is 28.9 Å². The monoisotopic (exact) mass is 342 g/mol. The lowest BCUT2D eigenvalue weighted by Gasteiger charge is -2.06. The first-order valence-corrected chi connectivity index (χ1v) is 7.95. The highest BCUT2D eigenvalue weighted by Gasteiger charge is 2.15. The molecule has 6 nitrogen and oxygen atoms in total. The van der Waals surface area contributed by atoms with Gasteiger partial charge in [0.15, 0.2) is 6.61 Å². The van der Waals surface area contributed by atoms with Gasteiger partial charge in [0.1, 0.15) is 16.1 Å². The molecule has 0 aliphatic heterocycles. The molecule has 1 N–H and O–H groups in total. The first kappa shape index (κ1) is 15.9. The number of nitrogens with one attached hydrogen (secondary N) is 1. The summed E-state index contributed by atoms with van der Waals surface area (Å²) in [5.74, 6) is -0.977. The largest absolute Gasteiger partial charge is 0.472 e. The van der Waals surface area contributed by atoms with Crippen molar-refractivity contribution in [3.8, 4) is 10.6 Å². The fraction of sp³-hybridized carbons (Fsp3) is 0.118. The van der Waals surface area contributed by atoms with E-state index in [2.05, 4.69) is 10.3 Å². The minimum Gasteiger partial charge on any atom is -0.472 e. The highest BCUT2D eigenvalue weighted by molar-refractivity contribution is 7.16. The second-order valence-electron chi connectivity index (χ2n) is 5.04. The molecular formula is C17H14N2O4S. The van der Waals surface area contributed by atoms with Gasteiger partial charge >= 0.3 is 5.97 Å². The lowest BCUT2D eigenvalue weighted by Crippen LogP contribution is -2.20. The molecule has 7 heteroatoms. The Labute approximate surface area is 142 Å². The van der Waals surface area contributed by atoms with Crippen LogP contribution in [0.2, 0.25) is 0 Å². The second kappa shape index (κ2) is 7.10. The molecule has 1 amide bonds. The molecule has 2 aromatic heterocycles. The number of carbonyl (C=O) groups is 2. The van der Waals surface area contributed by atoms with Crippen LogP contribution in [0.4, 0.5) is 5.69 Å². The first-order chi connectivity index (χ1) is 11.6. The molecule has 0 saturated carbocycles. The standard InChI is InChI=1S/C17H14N2O4S/c1-11-3-2-4-13(7-11)19-15(20)10-23-17(21)14-8-18-16(24-14)12-5-6-22-9-12/h2-9H,10H2,1H3,(H,19,20). The van der Waals surface area contributed by atoms with Gasteiger partial charge in [0.05, 0.1) is 12.5 Å². The van der Waals surface area contributed by atoms with Crippen LogP contribution in [-0.4, -0.2) is 23.5 Å². The molecular weight excluding hydrogens is 328 g/mol. The third-order valence-electron chi connectivity index (χ3n) is 3.11. The molecule has 24 heavy (non-hydrogen) atoms. The smallest absolute Gasteiger partial charge is 0.350 e. The van der Waals surface area contributed by atoms with Gasteiger partial charge in [0, 0.05) is 11.3 Å². The summed E-state index contributed by atoms with van der Waals surface area (Å²) >= 11 is 1.18. The molecule has 122 valence electrons. The fourth-order valence-electron chi connectivity index (χ4n) is 2.01. The topological polar surface area (TPSA) is 81.4 Å². The van der Waals surface area contributed by atoms with Crippen molar-refractivity contribution in [1.29, 1.82) is 0 Å². The summed E-state index contributed by atoms with van der Waals surface area (Å²) in [5, 5.41) is 3.33. The molecule has 0 spiro atoms. The van der Waals surface area contributed by atoms with Crippen molar-refractivity contribution < 1.29 is 18.7 Å². The van der Waals surface area contributed by atoms with E-state index in [0.717, 1.165) is 11.1 Å². The van der Waals surface area contributed by atoms with Gasteiger partial charge in [-0.15, -0.1) is 11.3 Å². The number of amides is 1. The van der Waals surface area contributed by atoms with Crippen molar-refractivity contribution in [2.75, 3.05) is 11.9 Å². The maximum Gasteiger partial charge on any atom is 0.350 e. The number of aryl methyl sites for hydroxylation is 1. The molecule has 0 unspecified atom stereocenters. The fourth-order valence-corrected chi connectivity index (χ4v) is 2.81. The Kier molecular flexibility index (Phi) is 4.72. The van der Waals surface area contributed by atoms with E-state index in [1.54, 1.807) is 18.4 Å². The molecule has 2 heterocycles. The Hall–Kier alpha value is -2.93. The van der Waals surface area contributed by atoms with Gasteiger partial charge in [0.25, 0.3) is 5.91 Å². The number of thiazole rings is 1. The van der Waals surface area contributed by atoms with E-state index < -0.39 is 11.9 Å². The number of hydrogen-bond acceptors (Lipinski definition) is 6. The van der Waals surface area contributed by atoms with E-state index in [9.17, 15) is 9.59 Å². The predicted molar refractivity (Wildman–Crippen MR) is 89.9 cm³/mol. The number of aromatic nitrogens is 1. The van der Waals surface area contributed by atoms with Crippen LogP contribution in [0.1, 0.15) is 15.2 Å². The van der Waals surface area contributed by atoms with Crippen LogP contribution in [0.25, 0.3) is 10.6 Å². The van der Waals surface area contributed by atoms with Crippen LogP contribution in [-0.2, 0) is 9.53 Å². The van der Waals surface area contributed by atoms with E-state index in [4.69, 9.17) is 9.15 Å². The molecule has 0 aliphatic carbocycles. The number of furan rings is 1. The van der Waals surface area contributed by atoms with Gasteiger partial charge < -0.3 is 14.5 Å². The van der Waals surface area contributed by atoms with Crippen LogP contribution in [0.15, 0.2) is 53.5 Å². The van der Waals surface area contributed by atoms with Gasteiger partial charge in [-0.3, -0.25) is 4.79 Å². The number of hydrogen-bond donors (Lipinski definition) is 1. The summed E-state index contributed by atoms with van der Waals surface area (Å²) < 4.78 is 10.00. The Bertz CT molecular complexity index is 855. The molecule has 0 bridgehead atoms. The van der Waals surface area contributed by atoms with E-state index in [0.29, 0.717) is 15.6 Å². The molecule has 0 aliphatic rings. The quantitative estimate of drug-likeness (QED) is 0.718. The Balaban J connectivity index is 1.54. The van der Waals surface area contributed by atoms with Gasteiger partial charge in [-0.05, 0) is 30.7 Å². The van der Waals surface area contributed by atoms with Gasteiger partial charge in [-0.2, -0.15) is 0 Å². The van der Waals surface area contributed by atoms with E-state index in [1.807, 2.05) is 25.1 Å². The average Bonchev–Trinajstić information content (AvgIpc) is 3.23. The van der Waals surface area contributed by atoms with Crippen LogP contribution in [0.3, 0.4) is 0 Å². The number of carbonyl (C=O) groups excluding carboxylic acids is 2. The van der Waals surface area contributed by atoms with Crippen LogP contribution in [0, 0.1) is 6.92 Å². The van der Waals surface area contributed by atoms with E-state index in [-0.39, 0.29) is 6.61 Å². The van der Waals surface area contributed by atoms with Gasteiger partial charge in [-0.25, -0.2) is 9.78 Å². The van der Waals surface area contributed by atoms with Gasteiger partial charge in [0.2, 0.25) is 0 Å². The molecule has 0 radical (unpaired) electrons. The number of rotatable bonds is 5. The predicted octanol–water partition coefficient (Wildman–Crippen LogP) is 3.51. The van der Waals surface area contributed by atoms with Crippen LogP contribution < -0.4 is 5.32 Å². The summed E-state index contributed by atoms with van der Waals surface area (Å²) in [7, 11) is 0. The molecule has 0 atom stereocenters. The Morgan fingerprint density at radius 3 is 2.96 bits per heavy atom. The van der Waals surface area contributed by atoms with Crippen molar-refractivity contribution in [3.63, 3.8) is 0 Å². The highest BCUT2D eigenvalue weighted by Crippen LogP contribution is 2.25. The molecule has 1 aromatic carbocycles. The molecule has 3 aromatic rings. The second-order valence-corrected chi connectivity index (χ2v) is 6.07. The average molecular weight is 342 g/mol. The summed E-state index contributed by atoms with van der Waals surface area (Å²) in [6.45, 7) is 1.57. The van der Waals surface area contributed by atoms with E-state index >= 15 is 0 Å². The molecule has 0 fully saturated rings. The lowest BCUT2D eigenvalue weighted by atomic mass is 10.2. The maximum atomic E-state index is 12.0. The highest BCUT2D eigenvalue weighted by atomic mass is 32.1. The summed E-state index contributed by atoms with van der Waals surface area (Å²) in [4.78, 5) is 28.3. The third kappa shape index (κ3) is 3.88. The zero-order chi connectivity index (χ0) is 16.9. The third-order valence-corrected chi connectivity index (χ3v) is 4.14. The van der Waals surface area contributed by atoms with Crippen LogP contribution in [0.5, 0.6) is 0 Å². The summed E-state index contributed by atoms with van der Waals surface area (Å²) in [6, 6.07) is 9.12. The summed E-state index contributed by atoms with van der Waals surface area (Å²) in [6.07, 6.45) is 4.50. The number of nitrogens with zero attached hydrogens (tertiary/aromatic N) is 1. The summed E-state index contributed by atoms with van der Waals surface area (Å²) in [5.41, 5.74) is 2.48. The molecule has 3 rings (SSSR count). The minimum atomic E-state index is -0.582. The van der Waals surface area contributed by atoms with Crippen LogP contribution >= 0.6 is 11.3 Å². The maximum absolute atomic E-state index is 12.0. The normalized spacial score (nSPS) is 10.4. The Morgan fingerprint density at radius 1 is 1.33 bits per heavy atom. The van der Waals surface area contributed by atoms with Crippen molar-refractivity contribution in [2.45, 2.75) is 6.92 Å². The zero-order valence-corrected chi connectivity index (χ0v) is 13.6. The minimum absolute atomic E-state index is 0.328. The van der Waals surface area contributed by atoms with Crippen molar-refractivity contribution in [1.82, 2.24) is 4.98 Å². The number of benzene rings is 1. The van der Waals surface area contributed by atoms with E-state index in [1.165, 1.54) is 23.8 Å². The Morgan fingerprint density at radius 2 is 2.21 bits per heavy atom. The SMILES string of the molecule is Cc1cccc(NC(=O)COC(=O)c2cnc(-c3ccoc3)s2)c1. The number of ether oxygens (including phenoxy) is 1. The lowest BCUT2D eigenvalue weighted by molar-refractivity contribution is -0.119. The number of esters is 1.